The van der Waals surface area contributed by atoms with Gasteiger partial charge in [0.15, 0.2) is 5.58 Å². The molecule has 9 nitrogen and oxygen atoms in total. The van der Waals surface area contributed by atoms with E-state index in [1.165, 1.54) is 13.1 Å². The van der Waals surface area contributed by atoms with Crippen molar-refractivity contribution in [3.8, 4) is 0 Å². The first-order chi connectivity index (χ1) is 13.3. The molecule has 0 unspecified atom stereocenters. The van der Waals surface area contributed by atoms with E-state index in [-0.39, 0.29) is 11.9 Å². The number of benzene rings is 1. The van der Waals surface area contributed by atoms with Crippen molar-refractivity contribution >= 4 is 46.3 Å². The van der Waals surface area contributed by atoms with Crippen LogP contribution in [0.15, 0.2) is 10.5 Å². The number of aromatic nitrogens is 1. The van der Waals surface area contributed by atoms with E-state index in [2.05, 4.69) is 15.6 Å². The molecule has 4 rings (SSSR count). The topological polar surface area (TPSA) is 125 Å². The number of carbonyl (C=O) groups excluding carboxylic acids is 2. The highest BCUT2D eigenvalue weighted by atomic mass is 35.5. The van der Waals surface area contributed by atoms with Gasteiger partial charge in [-0.2, -0.15) is 0 Å². The SMILES string of the molecule is CN(CC(=O)O)C(=O)c1nc2cc(Cl)c3c(c2o1)C1(CCCCC1)NC(=O)N3. The lowest BCUT2D eigenvalue weighted by atomic mass is 9.74. The zero-order chi connectivity index (χ0) is 20.1. The second kappa shape index (κ2) is 6.66. The molecular weight excluding hydrogens is 388 g/mol. The minimum absolute atomic E-state index is 0.217. The number of nitrogens with zero attached hydrogens (tertiary/aromatic N) is 2. The fourth-order valence-corrected chi connectivity index (χ4v) is 4.34. The van der Waals surface area contributed by atoms with Crippen molar-refractivity contribution < 1.29 is 23.9 Å². The number of fused-ring (bicyclic) bond motifs is 4. The number of likely N-dealkylation sites (N-methyl/N-ethyl adjacent to an activating group) is 1. The molecule has 0 saturated heterocycles. The molecular formula is C18H19ClN4O5. The van der Waals surface area contributed by atoms with Gasteiger partial charge in [-0.3, -0.25) is 9.59 Å². The van der Waals surface area contributed by atoms with Crippen molar-refractivity contribution in [3.05, 3.63) is 22.5 Å². The van der Waals surface area contributed by atoms with Crippen molar-refractivity contribution in [1.82, 2.24) is 15.2 Å². The third-order valence-electron chi connectivity index (χ3n) is 5.31. The Kier molecular flexibility index (Phi) is 4.41. The summed E-state index contributed by atoms with van der Waals surface area (Å²) in [6.45, 7) is -0.474. The first-order valence-electron chi connectivity index (χ1n) is 9.01. The predicted molar refractivity (Wildman–Crippen MR) is 101 cm³/mol. The zero-order valence-corrected chi connectivity index (χ0v) is 15.9. The number of halogens is 1. The molecule has 10 heteroatoms. The molecule has 148 valence electrons. The summed E-state index contributed by atoms with van der Waals surface area (Å²) in [5, 5.41) is 15.0. The molecule has 1 spiro atoms. The maximum atomic E-state index is 12.5. The summed E-state index contributed by atoms with van der Waals surface area (Å²) < 4.78 is 5.80. The summed E-state index contributed by atoms with van der Waals surface area (Å²) in [6.07, 6.45) is 4.41. The maximum absolute atomic E-state index is 12.5. The van der Waals surface area contributed by atoms with Crippen LogP contribution in [0.3, 0.4) is 0 Å². The van der Waals surface area contributed by atoms with Crippen LogP contribution in [-0.4, -0.2) is 46.5 Å². The Morgan fingerprint density at radius 2 is 2.07 bits per heavy atom. The number of carbonyl (C=O) groups is 3. The number of nitrogens with one attached hydrogen (secondary N) is 2. The normalized spacial score (nSPS) is 17.7. The molecule has 0 bridgehead atoms. The van der Waals surface area contributed by atoms with Crippen LogP contribution in [0.1, 0.15) is 48.4 Å². The zero-order valence-electron chi connectivity index (χ0n) is 15.2. The van der Waals surface area contributed by atoms with E-state index in [4.69, 9.17) is 21.1 Å². The van der Waals surface area contributed by atoms with Gasteiger partial charge in [0.05, 0.1) is 16.2 Å². The summed E-state index contributed by atoms with van der Waals surface area (Å²) in [5.74, 6) is -2.00. The largest absolute Gasteiger partial charge is 0.480 e. The molecule has 1 aliphatic heterocycles. The van der Waals surface area contributed by atoms with Gasteiger partial charge < -0.3 is 25.1 Å². The van der Waals surface area contributed by atoms with Gasteiger partial charge in [-0.15, -0.1) is 0 Å². The molecule has 2 aliphatic rings. The van der Waals surface area contributed by atoms with Crippen molar-refractivity contribution in [2.75, 3.05) is 18.9 Å². The number of hydrogen-bond acceptors (Lipinski definition) is 5. The first-order valence-corrected chi connectivity index (χ1v) is 9.38. The average Bonchev–Trinajstić information content (AvgIpc) is 3.04. The van der Waals surface area contributed by atoms with Crippen LogP contribution >= 0.6 is 11.6 Å². The van der Waals surface area contributed by atoms with E-state index in [0.717, 1.165) is 37.0 Å². The van der Waals surface area contributed by atoms with E-state index >= 15 is 0 Å². The second-order valence-electron chi connectivity index (χ2n) is 7.25. The Morgan fingerprint density at radius 3 is 2.75 bits per heavy atom. The number of oxazole rings is 1. The Labute approximate surface area is 165 Å². The summed E-state index contributed by atoms with van der Waals surface area (Å²) >= 11 is 6.41. The Morgan fingerprint density at radius 1 is 1.36 bits per heavy atom. The summed E-state index contributed by atoms with van der Waals surface area (Å²) in [5.41, 5.74) is 1.29. The second-order valence-corrected chi connectivity index (χ2v) is 7.66. The van der Waals surface area contributed by atoms with Gasteiger partial charge in [-0.25, -0.2) is 9.78 Å². The highest BCUT2D eigenvalue weighted by molar-refractivity contribution is 6.35. The first kappa shape index (κ1) is 18.5. The lowest BCUT2D eigenvalue weighted by Crippen LogP contribution is -2.52. The smallest absolute Gasteiger partial charge is 0.323 e. The van der Waals surface area contributed by atoms with Crippen LogP contribution < -0.4 is 10.6 Å². The molecule has 3 amide bonds. The van der Waals surface area contributed by atoms with Gasteiger partial charge in [0, 0.05) is 12.6 Å². The van der Waals surface area contributed by atoms with Crippen molar-refractivity contribution in [2.45, 2.75) is 37.6 Å². The quantitative estimate of drug-likeness (QED) is 0.719. The molecule has 1 aromatic heterocycles. The molecule has 1 aromatic carbocycles. The number of anilines is 1. The van der Waals surface area contributed by atoms with Crippen molar-refractivity contribution in [3.63, 3.8) is 0 Å². The molecule has 2 heterocycles. The summed E-state index contributed by atoms with van der Waals surface area (Å²) in [4.78, 5) is 40.9. The Bertz CT molecular complexity index is 996. The fraction of sp³-hybridized carbons (Fsp3) is 0.444. The van der Waals surface area contributed by atoms with E-state index in [9.17, 15) is 14.4 Å². The third kappa shape index (κ3) is 2.95. The molecule has 0 atom stereocenters. The van der Waals surface area contributed by atoms with Gasteiger partial charge in [0.25, 0.3) is 5.89 Å². The van der Waals surface area contributed by atoms with Crippen molar-refractivity contribution in [2.24, 2.45) is 0 Å². The molecule has 28 heavy (non-hydrogen) atoms. The molecule has 0 radical (unpaired) electrons. The third-order valence-corrected chi connectivity index (χ3v) is 5.61. The van der Waals surface area contributed by atoms with Gasteiger partial charge in [-0.1, -0.05) is 30.9 Å². The van der Waals surface area contributed by atoms with Gasteiger partial charge in [0.1, 0.15) is 12.1 Å². The Balaban J connectivity index is 1.86. The average molecular weight is 407 g/mol. The minimum Gasteiger partial charge on any atom is -0.480 e. The predicted octanol–water partition coefficient (Wildman–Crippen LogP) is 2.93. The van der Waals surface area contributed by atoms with Crippen LogP contribution in [0, 0.1) is 0 Å². The van der Waals surface area contributed by atoms with E-state index in [0.29, 0.717) is 27.4 Å². The minimum atomic E-state index is -1.14. The highest BCUT2D eigenvalue weighted by Gasteiger charge is 2.44. The van der Waals surface area contributed by atoms with E-state index in [1.54, 1.807) is 0 Å². The molecule has 1 saturated carbocycles. The lowest BCUT2D eigenvalue weighted by Gasteiger charge is -2.42. The maximum Gasteiger partial charge on any atom is 0.323 e. The number of aliphatic carboxylic acids is 1. The summed E-state index contributed by atoms with van der Waals surface area (Å²) in [6, 6.07) is 1.21. The summed E-state index contributed by atoms with van der Waals surface area (Å²) in [7, 11) is 1.36. The number of rotatable bonds is 3. The van der Waals surface area contributed by atoms with Gasteiger partial charge in [0.2, 0.25) is 0 Å². The number of amides is 3. The standard InChI is InChI=1S/C18H19ClN4O5/c1-23(8-11(24)25)16(26)15-20-10-7-9(19)13-12(14(10)28-15)18(22-17(27)21-13)5-3-2-4-6-18/h7H,2-6,8H2,1H3,(H,24,25)(H2,21,22,27). The molecule has 3 N–H and O–H groups in total. The van der Waals surface area contributed by atoms with E-state index in [1.807, 2.05) is 0 Å². The fourth-order valence-electron chi connectivity index (χ4n) is 4.10. The number of hydrogen-bond donors (Lipinski definition) is 3. The van der Waals surface area contributed by atoms with Gasteiger partial charge >= 0.3 is 17.9 Å². The molecule has 1 fully saturated rings. The number of carboxylic acid groups (broad SMARTS) is 1. The Hall–Kier alpha value is -2.81. The van der Waals surface area contributed by atoms with Crippen LogP contribution in [-0.2, 0) is 10.3 Å². The molecule has 1 aliphatic carbocycles. The monoisotopic (exact) mass is 406 g/mol. The van der Waals surface area contributed by atoms with Crippen LogP contribution in [0.25, 0.3) is 11.1 Å². The highest BCUT2D eigenvalue weighted by Crippen LogP contribution is 2.48. The van der Waals surface area contributed by atoms with Crippen LogP contribution in [0.2, 0.25) is 5.02 Å². The lowest BCUT2D eigenvalue weighted by molar-refractivity contribution is -0.137. The van der Waals surface area contributed by atoms with Gasteiger partial charge in [-0.05, 0) is 18.9 Å². The van der Waals surface area contributed by atoms with Crippen molar-refractivity contribution in [1.29, 1.82) is 0 Å². The van der Waals surface area contributed by atoms with Crippen LogP contribution in [0.4, 0.5) is 10.5 Å². The van der Waals surface area contributed by atoms with E-state index < -0.39 is 24.0 Å². The number of carboxylic acids is 1. The van der Waals surface area contributed by atoms with Crippen LogP contribution in [0.5, 0.6) is 0 Å². The molecule has 2 aromatic rings. The number of urea groups is 1.